The van der Waals surface area contributed by atoms with Crippen molar-refractivity contribution in [1.29, 1.82) is 0 Å². The summed E-state index contributed by atoms with van der Waals surface area (Å²) in [6, 6.07) is 7.61. The third kappa shape index (κ3) is 2.57. The minimum absolute atomic E-state index is 0.119. The van der Waals surface area contributed by atoms with Gasteiger partial charge in [0.15, 0.2) is 0 Å². The molecule has 0 radical (unpaired) electrons. The monoisotopic (exact) mass is 207 g/mol. The molecule has 1 nitrogen and oxygen atoms in total. The molecule has 0 aromatic heterocycles. The Morgan fingerprint density at radius 3 is 3.00 bits per heavy atom. The SMILES string of the molecule is CNC1CCCC1Cc1cccc(F)c1. The molecule has 1 fully saturated rings. The fourth-order valence-electron chi connectivity index (χ4n) is 2.63. The Labute approximate surface area is 90.7 Å². The lowest BCUT2D eigenvalue weighted by molar-refractivity contribution is 0.423. The van der Waals surface area contributed by atoms with Gasteiger partial charge in [0.25, 0.3) is 0 Å². The first-order valence-electron chi connectivity index (χ1n) is 5.71. The van der Waals surface area contributed by atoms with Crippen LogP contribution in [0.3, 0.4) is 0 Å². The summed E-state index contributed by atoms with van der Waals surface area (Å²) >= 11 is 0. The number of rotatable bonds is 3. The van der Waals surface area contributed by atoms with E-state index in [4.69, 9.17) is 0 Å². The van der Waals surface area contributed by atoms with Gasteiger partial charge in [-0.2, -0.15) is 0 Å². The van der Waals surface area contributed by atoms with E-state index in [1.807, 2.05) is 13.1 Å². The predicted molar refractivity (Wildman–Crippen MR) is 60.3 cm³/mol. The Hall–Kier alpha value is -0.890. The van der Waals surface area contributed by atoms with Crippen LogP contribution in [0, 0.1) is 11.7 Å². The van der Waals surface area contributed by atoms with Gasteiger partial charge in [0.2, 0.25) is 0 Å². The third-order valence-electron chi connectivity index (χ3n) is 3.42. The van der Waals surface area contributed by atoms with Crippen LogP contribution in [-0.2, 0) is 6.42 Å². The van der Waals surface area contributed by atoms with Gasteiger partial charge in [-0.3, -0.25) is 0 Å². The molecule has 82 valence electrons. The van der Waals surface area contributed by atoms with E-state index in [-0.39, 0.29) is 5.82 Å². The first-order chi connectivity index (χ1) is 7.29. The molecule has 1 aliphatic carbocycles. The van der Waals surface area contributed by atoms with Crippen molar-refractivity contribution in [2.24, 2.45) is 5.92 Å². The van der Waals surface area contributed by atoms with Crippen molar-refractivity contribution in [2.45, 2.75) is 31.7 Å². The zero-order valence-electron chi connectivity index (χ0n) is 9.17. The lowest BCUT2D eigenvalue weighted by Crippen LogP contribution is -2.30. The zero-order valence-corrected chi connectivity index (χ0v) is 9.17. The fraction of sp³-hybridized carbons (Fsp3) is 0.538. The number of halogens is 1. The second kappa shape index (κ2) is 4.75. The van der Waals surface area contributed by atoms with Crippen LogP contribution < -0.4 is 5.32 Å². The zero-order chi connectivity index (χ0) is 10.7. The molecule has 0 heterocycles. The van der Waals surface area contributed by atoms with Crippen molar-refractivity contribution >= 4 is 0 Å². The second-order valence-electron chi connectivity index (χ2n) is 4.42. The van der Waals surface area contributed by atoms with Gasteiger partial charge < -0.3 is 5.32 Å². The lowest BCUT2D eigenvalue weighted by Gasteiger charge is -2.18. The second-order valence-corrected chi connectivity index (χ2v) is 4.42. The fourth-order valence-corrected chi connectivity index (χ4v) is 2.63. The van der Waals surface area contributed by atoms with Gasteiger partial charge in [-0.1, -0.05) is 18.6 Å². The standard InChI is InChI=1S/C13H18FN/c1-15-13-7-3-5-11(13)8-10-4-2-6-12(14)9-10/h2,4,6,9,11,13,15H,3,5,7-8H2,1H3. The maximum Gasteiger partial charge on any atom is 0.123 e. The molecule has 2 heteroatoms. The van der Waals surface area contributed by atoms with E-state index in [9.17, 15) is 4.39 Å². The largest absolute Gasteiger partial charge is 0.317 e. The smallest absolute Gasteiger partial charge is 0.123 e. The van der Waals surface area contributed by atoms with Crippen LogP contribution in [0.15, 0.2) is 24.3 Å². The van der Waals surface area contributed by atoms with Crippen molar-refractivity contribution in [3.8, 4) is 0 Å². The molecular formula is C13H18FN. The normalized spacial score (nSPS) is 25.7. The molecule has 1 aliphatic rings. The van der Waals surface area contributed by atoms with Gasteiger partial charge in [-0.25, -0.2) is 4.39 Å². The highest BCUT2D eigenvalue weighted by molar-refractivity contribution is 5.17. The average molecular weight is 207 g/mol. The minimum atomic E-state index is -0.119. The van der Waals surface area contributed by atoms with E-state index >= 15 is 0 Å². The highest BCUT2D eigenvalue weighted by atomic mass is 19.1. The number of hydrogen-bond acceptors (Lipinski definition) is 1. The van der Waals surface area contributed by atoms with E-state index in [1.165, 1.54) is 25.3 Å². The molecule has 0 bridgehead atoms. The highest BCUT2D eigenvalue weighted by Gasteiger charge is 2.25. The van der Waals surface area contributed by atoms with E-state index in [0.717, 1.165) is 12.0 Å². The summed E-state index contributed by atoms with van der Waals surface area (Å²) in [5, 5.41) is 3.36. The quantitative estimate of drug-likeness (QED) is 0.803. The Balaban J connectivity index is 2.02. The van der Waals surface area contributed by atoms with Crippen LogP contribution in [0.4, 0.5) is 4.39 Å². The maximum absolute atomic E-state index is 13.0. The molecule has 0 amide bonds. The molecule has 1 aromatic rings. The molecule has 0 spiro atoms. The van der Waals surface area contributed by atoms with E-state index in [0.29, 0.717) is 12.0 Å². The Morgan fingerprint density at radius 2 is 2.27 bits per heavy atom. The van der Waals surface area contributed by atoms with Crippen molar-refractivity contribution in [2.75, 3.05) is 7.05 Å². The number of hydrogen-bond donors (Lipinski definition) is 1. The van der Waals surface area contributed by atoms with Crippen molar-refractivity contribution in [3.05, 3.63) is 35.6 Å². The molecule has 15 heavy (non-hydrogen) atoms. The Morgan fingerprint density at radius 1 is 1.40 bits per heavy atom. The molecule has 2 rings (SSSR count). The van der Waals surface area contributed by atoms with Gasteiger partial charge in [0.1, 0.15) is 5.82 Å². The molecular weight excluding hydrogens is 189 g/mol. The van der Waals surface area contributed by atoms with Crippen LogP contribution in [0.1, 0.15) is 24.8 Å². The van der Waals surface area contributed by atoms with Crippen molar-refractivity contribution in [3.63, 3.8) is 0 Å². The summed E-state index contributed by atoms with van der Waals surface area (Å²) < 4.78 is 13.0. The summed E-state index contributed by atoms with van der Waals surface area (Å²) in [4.78, 5) is 0. The van der Waals surface area contributed by atoms with Gasteiger partial charge in [-0.05, 0) is 49.9 Å². The van der Waals surface area contributed by atoms with Crippen LogP contribution in [-0.4, -0.2) is 13.1 Å². The summed E-state index contributed by atoms with van der Waals surface area (Å²) in [6.45, 7) is 0. The molecule has 2 unspecified atom stereocenters. The van der Waals surface area contributed by atoms with Gasteiger partial charge >= 0.3 is 0 Å². The lowest BCUT2D eigenvalue weighted by atomic mass is 9.95. The topological polar surface area (TPSA) is 12.0 Å². The van der Waals surface area contributed by atoms with Crippen molar-refractivity contribution < 1.29 is 4.39 Å². The Kier molecular flexibility index (Phi) is 3.37. The highest BCUT2D eigenvalue weighted by Crippen LogP contribution is 2.28. The molecule has 0 aliphatic heterocycles. The minimum Gasteiger partial charge on any atom is -0.317 e. The van der Waals surface area contributed by atoms with E-state index in [1.54, 1.807) is 12.1 Å². The maximum atomic E-state index is 13.0. The van der Waals surface area contributed by atoms with Gasteiger partial charge in [0.05, 0.1) is 0 Å². The molecule has 0 saturated heterocycles. The van der Waals surface area contributed by atoms with Gasteiger partial charge in [-0.15, -0.1) is 0 Å². The third-order valence-corrected chi connectivity index (χ3v) is 3.42. The number of nitrogens with one attached hydrogen (secondary N) is 1. The van der Waals surface area contributed by atoms with E-state index in [2.05, 4.69) is 5.32 Å². The van der Waals surface area contributed by atoms with Crippen LogP contribution in [0.25, 0.3) is 0 Å². The van der Waals surface area contributed by atoms with Gasteiger partial charge in [0, 0.05) is 6.04 Å². The predicted octanol–water partition coefficient (Wildman–Crippen LogP) is 2.76. The van der Waals surface area contributed by atoms with Crippen LogP contribution >= 0.6 is 0 Å². The van der Waals surface area contributed by atoms with Crippen LogP contribution in [0.2, 0.25) is 0 Å². The number of benzene rings is 1. The summed E-state index contributed by atoms with van der Waals surface area (Å²) in [7, 11) is 2.02. The molecule has 1 aromatic carbocycles. The average Bonchev–Trinajstić information content (AvgIpc) is 2.65. The molecule has 1 N–H and O–H groups in total. The Bertz CT molecular complexity index is 324. The molecule has 1 saturated carbocycles. The first kappa shape index (κ1) is 10.6. The summed E-state index contributed by atoms with van der Waals surface area (Å²) in [5.41, 5.74) is 1.13. The molecule has 2 atom stereocenters. The summed E-state index contributed by atoms with van der Waals surface area (Å²) in [5.74, 6) is 0.559. The van der Waals surface area contributed by atoms with Crippen LogP contribution in [0.5, 0.6) is 0 Å². The summed E-state index contributed by atoms with van der Waals surface area (Å²) in [6.07, 6.45) is 4.83. The van der Waals surface area contributed by atoms with E-state index < -0.39 is 0 Å². The first-order valence-corrected chi connectivity index (χ1v) is 5.71. The van der Waals surface area contributed by atoms with Crippen molar-refractivity contribution in [1.82, 2.24) is 5.32 Å².